The highest BCUT2D eigenvalue weighted by Gasteiger charge is 2.37. The van der Waals surface area contributed by atoms with Crippen LogP contribution in [0.5, 0.6) is 0 Å². The van der Waals surface area contributed by atoms with Gasteiger partial charge in [0.05, 0.1) is 16.6 Å². The third-order valence-corrected chi connectivity index (χ3v) is 8.42. The Labute approximate surface area is 227 Å². The van der Waals surface area contributed by atoms with Gasteiger partial charge in [0.15, 0.2) is 0 Å². The second-order valence-corrected chi connectivity index (χ2v) is 11.3. The van der Waals surface area contributed by atoms with E-state index >= 15 is 0 Å². The maximum Gasteiger partial charge on any atom is 0.419 e. The first-order valence-electron chi connectivity index (χ1n) is 11.2. The van der Waals surface area contributed by atoms with E-state index in [9.17, 15) is 42.2 Å². The van der Waals surface area contributed by atoms with Gasteiger partial charge in [-0.15, -0.1) is 11.3 Å². The predicted molar refractivity (Wildman–Crippen MR) is 138 cm³/mol. The van der Waals surface area contributed by atoms with Gasteiger partial charge < -0.3 is 15.1 Å². The molecule has 2 fully saturated rings. The van der Waals surface area contributed by atoms with Gasteiger partial charge in [-0.25, -0.2) is 4.39 Å². The van der Waals surface area contributed by atoms with Gasteiger partial charge in [-0.2, -0.15) is 13.2 Å². The minimum Gasteiger partial charge on any atom is -0.481 e. The number of hydrogen-bond donors (Lipinski definition) is 2. The summed E-state index contributed by atoms with van der Waals surface area (Å²) < 4.78 is 53.0. The number of alkyl halides is 3. The predicted octanol–water partition coefficient (Wildman–Crippen LogP) is 4.46. The van der Waals surface area contributed by atoms with E-state index in [1.165, 1.54) is 27.2 Å². The van der Waals surface area contributed by atoms with Gasteiger partial charge in [0.1, 0.15) is 16.1 Å². The summed E-state index contributed by atoms with van der Waals surface area (Å²) in [5, 5.41) is 20.6. The first-order chi connectivity index (χ1) is 17.8. The number of hydrogen-bond acceptors (Lipinski definition) is 7. The van der Waals surface area contributed by atoms with Crippen LogP contribution in [0.25, 0.3) is 17.2 Å². The van der Waals surface area contributed by atoms with Crippen LogP contribution in [-0.4, -0.2) is 67.9 Å². The standard InChI is InChI=1S/C24H20F4N2O5S3/c25-17-2-1-12(8-16(17)24(26,27)28)13-7-14(37-11-13)9-19-21(33)30(23(36)38-19)6-4-20(32)29-5-3-18(31)15(10-29)22(34)35/h1-2,7-9,11,15,18,31H,3-6,10H2,(H,34,35)/b19-9-/t15-,18+/m0/s1. The molecule has 2 saturated heterocycles. The molecule has 0 radical (unpaired) electrons. The largest absolute Gasteiger partial charge is 0.481 e. The number of carboxylic acid groups (broad SMARTS) is 1. The minimum absolute atomic E-state index is 0.0108. The quantitative estimate of drug-likeness (QED) is 0.292. The fourth-order valence-corrected chi connectivity index (χ4v) is 6.32. The van der Waals surface area contributed by atoms with E-state index in [2.05, 4.69) is 0 Å². The Bertz CT molecular complexity index is 1330. The summed E-state index contributed by atoms with van der Waals surface area (Å²) in [6.45, 7) is 0.0806. The molecular formula is C24H20F4N2O5S3. The summed E-state index contributed by atoms with van der Waals surface area (Å²) in [4.78, 5) is 40.3. The number of rotatable bonds is 6. The number of carbonyl (C=O) groups excluding carboxylic acids is 2. The van der Waals surface area contributed by atoms with Crippen molar-refractivity contribution in [1.82, 2.24) is 9.80 Å². The third kappa shape index (κ3) is 6.08. The van der Waals surface area contributed by atoms with E-state index < -0.39 is 41.5 Å². The van der Waals surface area contributed by atoms with Crippen molar-refractivity contribution in [2.45, 2.75) is 25.1 Å². The molecule has 0 saturated carbocycles. The van der Waals surface area contributed by atoms with Crippen molar-refractivity contribution in [3.63, 3.8) is 0 Å². The van der Waals surface area contributed by atoms with Crippen molar-refractivity contribution in [2.75, 3.05) is 19.6 Å². The Morgan fingerprint density at radius 1 is 1.21 bits per heavy atom. The Morgan fingerprint density at radius 3 is 2.63 bits per heavy atom. The highest BCUT2D eigenvalue weighted by atomic mass is 32.2. The number of carbonyl (C=O) groups is 3. The number of aliphatic hydroxyl groups is 1. The van der Waals surface area contributed by atoms with Crippen LogP contribution in [0.15, 0.2) is 34.6 Å². The van der Waals surface area contributed by atoms with Crippen molar-refractivity contribution >= 4 is 63.5 Å². The van der Waals surface area contributed by atoms with E-state index in [4.69, 9.17) is 12.2 Å². The molecule has 7 nitrogen and oxygen atoms in total. The number of aliphatic hydroxyl groups excluding tert-OH is 1. The lowest BCUT2D eigenvalue weighted by molar-refractivity contribution is -0.151. The van der Waals surface area contributed by atoms with E-state index in [-0.39, 0.29) is 53.2 Å². The molecular weight excluding hydrogens is 568 g/mol. The Balaban J connectivity index is 1.41. The lowest BCUT2D eigenvalue weighted by Crippen LogP contribution is -2.49. The lowest BCUT2D eigenvalue weighted by Gasteiger charge is -2.34. The van der Waals surface area contributed by atoms with Gasteiger partial charge in [-0.3, -0.25) is 19.3 Å². The third-order valence-electron chi connectivity index (χ3n) is 6.17. The van der Waals surface area contributed by atoms with E-state index in [1.54, 1.807) is 17.5 Å². The van der Waals surface area contributed by atoms with E-state index in [0.29, 0.717) is 10.4 Å². The first-order valence-corrected chi connectivity index (χ1v) is 13.3. The van der Waals surface area contributed by atoms with Gasteiger partial charge in [-0.1, -0.05) is 30.0 Å². The summed E-state index contributed by atoms with van der Waals surface area (Å²) >= 11 is 7.49. The SMILES string of the molecule is O=C(O)[C@H]1CN(C(=O)CCN2C(=O)/C(=C/c3cc(-c4ccc(F)c(C(F)(F)F)c4)cs3)SC2=S)CC[C@H]1O. The molecule has 2 aliphatic heterocycles. The fraction of sp³-hybridized carbons (Fsp3) is 0.333. The van der Waals surface area contributed by atoms with Gasteiger partial charge in [0.2, 0.25) is 5.91 Å². The van der Waals surface area contributed by atoms with E-state index in [1.807, 2.05) is 0 Å². The van der Waals surface area contributed by atoms with Crippen molar-refractivity contribution < 1.29 is 42.2 Å². The molecule has 14 heteroatoms. The molecule has 2 N–H and O–H groups in total. The second-order valence-electron chi connectivity index (χ2n) is 8.65. The molecule has 3 heterocycles. The molecule has 0 spiro atoms. The number of carboxylic acids is 1. The number of piperidine rings is 1. The monoisotopic (exact) mass is 588 g/mol. The van der Waals surface area contributed by atoms with Crippen molar-refractivity contribution in [2.24, 2.45) is 5.92 Å². The van der Waals surface area contributed by atoms with Gasteiger partial charge in [0, 0.05) is 30.9 Å². The van der Waals surface area contributed by atoms with Crippen molar-refractivity contribution in [3.05, 3.63) is 50.8 Å². The summed E-state index contributed by atoms with van der Waals surface area (Å²) in [5.74, 6) is -4.41. The van der Waals surface area contributed by atoms with Crippen LogP contribution in [0, 0.1) is 11.7 Å². The summed E-state index contributed by atoms with van der Waals surface area (Å²) in [7, 11) is 0. The highest BCUT2D eigenvalue weighted by Crippen LogP contribution is 2.37. The Kier molecular flexibility index (Phi) is 8.26. The minimum atomic E-state index is -4.83. The summed E-state index contributed by atoms with van der Waals surface area (Å²) in [5.41, 5.74) is -0.757. The average molecular weight is 589 g/mol. The molecule has 1 aromatic carbocycles. The Hall–Kier alpha value is -2.81. The van der Waals surface area contributed by atoms with Crippen LogP contribution in [-0.2, 0) is 20.6 Å². The van der Waals surface area contributed by atoms with Crippen LogP contribution in [0.2, 0.25) is 0 Å². The molecule has 2 aliphatic rings. The molecule has 0 unspecified atom stereocenters. The number of thiophene rings is 1. The smallest absolute Gasteiger partial charge is 0.419 e. The first kappa shape index (κ1) is 28.2. The van der Waals surface area contributed by atoms with Gasteiger partial charge in [-0.05, 0) is 47.2 Å². The fourth-order valence-electron chi connectivity index (χ4n) is 4.10. The van der Waals surface area contributed by atoms with Crippen LogP contribution in [0.1, 0.15) is 23.3 Å². The summed E-state index contributed by atoms with van der Waals surface area (Å²) in [6.07, 6.45) is -4.25. The lowest BCUT2D eigenvalue weighted by atomic mass is 9.94. The van der Waals surface area contributed by atoms with E-state index in [0.717, 1.165) is 23.9 Å². The number of aliphatic carboxylic acids is 1. The zero-order valence-electron chi connectivity index (χ0n) is 19.4. The van der Waals surface area contributed by atoms with Gasteiger partial charge in [0.25, 0.3) is 5.91 Å². The number of nitrogens with zero attached hydrogens (tertiary/aromatic N) is 2. The maximum absolute atomic E-state index is 13.6. The maximum atomic E-state index is 13.6. The zero-order chi connectivity index (χ0) is 27.8. The van der Waals surface area contributed by atoms with Crippen LogP contribution < -0.4 is 0 Å². The van der Waals surface area contributed by atoms with Crippen molar-refractivity contribution in [3.8, 4) is 11.1 Å². The number of thioether (sulfide) groups is 1. The number of benzene rings is 1. The number of amides is 2. The highest BCUT2D eigenvalue weighted by molar-refractivity contribution is 8.26. The van der Waals surface area contributed by atoms with Crippen LogP contribution in [0.3, 0.4) is 0 Å². The zero-order valence-corrected chi connectivity index (χ0v) is 21.9. The van der Waals surface area contributed by atoms with Crippen molar-refractivity contribution in [1.29, 1.82) is 0 Å². The molecule has 2 atom stereocenters. The average Bonchev–Trinajstić information content (AvgIpc) is 3.41. The molecule has 0 aliphatic carbocycles. The number of halogens is 4. The molecule has 2 aromatic rings. The molecule has 2 amide bonds. The number of likely N-dealkylation sites (tertiary alicyclic amines) is 1. The molecule has 0 bridgehead atoms. The second kappa shape index (κ2) is 11.1. The van der Waals surface area contributed by atoms with Gasteiger partial charge >= 0.3 is 12.1 Å². The molecule has 1 aromatic heterocycles. The molecule has 202 valence electrons. The summed E-state index contributed by atoms with van der Waals surface area (Å²) in [6, 6.07) is 4.32. The molecule has 4 rings (SSSR count). The Morgan fingerprint density at radius 2 is 1.95 bits per heavy atom. The number of thiocarbonyl (C=S) groups is 1. The topological polar surface area (TPSA) is 98.2 Å². The molecule has 38 heavy (non-hydrogen) atoms. The van der Waals surface area contributed by atoms with Crippen LogP contribution in [0.4, 0.5) is 17.6 Å². The normalized spacial score (nSPS) is 21.4. The van der Waals surface area contributed by atoms with Crippen LogP contribution >= 0.6 is 35.3 Å².